The van der Waals surface area contributed by atoms with Crippen molar-refractivity contribution in [2.45, 2.75) is 44.0 Å². The van der Waals surface area contributed by atoms with Crippen molar-refractivity contribution in [3.8, 4) is 17.1 Å². The van der Waals surface area contributed by atoms with Crippen molar-refractivity contribution in [1.82, 2.24) is 24.5 Å². The van der Waals surface area contributed by atoms with Crippen molar-refractivity contribution in [2.24, 2.45) is 7.05 Å². The van der Waals surface area contributed by atoms with E-state index in [-0.39, 0.29) is 34.8 Å². The molecule has 0 aliphatic carbocycles. The zero-order chi connectivity index (χ0) is 25.7. The molecule has 0 aromatic carbocycles. The summed E-state index contributed by atoms with van der Waals surface area (Å²) >= 11 is 0. The number of anilines is 1. The van der Waals surface area contributed by atoms with Crippen LogP contribution in [0.4, 0.5) is 19.0 Å². The van der Waals surface area contributed by atoms with Gasteiger partial charge in [-0.05, 0) is 32.3 Å². The van der Waals surface area contributed by atoms with Crippen LogP contribution in [0.3, 0.4) is 0 Å². The molecule has 2 aliphatic rings. The number of aromatic nitrogens is 5. The number of nitrogens with zero attached hydrogens (tertiary/aromatic N) is 6. The number of ether oxygens (including phenoxy) is 2. The lowest BCUT2D eigenvalue weighted by Crippen LogP contribution is -2.44. The molecule has 3 aromatic rings. The van der Waals surface area contributed by atoms with Crippen LogP contribution in [0.25, 0.3) is 22.4 Å². The van der Waals surface area contributed by atoms with E-state index in [1.54, 1.807) is 16.9 Å². The predicted octanol–water partition coefficient (Wildman–Crippen LogP) is 2.98. The van der Waals surface area contributed by atoms with E-state index in [1.165, 1.54) is 17.8 Å². The molecular weight excluding hydrogens is 505 g/mol. The molecule has 2 unspecified atom stereocenters. The average molecular weight is 531 g/mol. The summed E-state index contributed by atoms with van der Waals surface area (Å²) in [6.45, 7) is 3.67. The smallest absolute Gasteiger partial charge is 0.377 e. The summed E-state index contributed by atoms with van der Waals surface area (Å²) < 4.78 is 82.1. The average Bonchev–Trinajstić information content (AvgIpc) is 3.44. The second-order valence-electron chi connectivity index (χ2n) is 8.75. The summed E-state index contributed by atoms with van der Waals surface area (Å²) in [5.41, 5.74) is -4.75. The summed E-state index contributed by atoms with van der Waals surface area (Å²) in [5.74, 6) is -0.280. The first-order chi connectivity index (χ1) is 17.0. The Morgan fingerprint density at radius 3 is 2.69 bits per heavy atom. The van der Waals surface area contributed by atoms with Gasteiger partial charge in [-0.3, -0.25) is 4.68 Å². The highest BCUT2D eigenvalue weighted by atomic mass is 32.2. The van der Waals surface area contributed by atoms with Crippen LogP contribution in [0.2, 0.25) is 0 Å². The molecule has 196 valence electrons. The molecule has 0 N–H and O–H groups in total. The Kier molecular flexibility index (Phi) is 6.32. The molecular formula is C21H25F3N6O5S. The zero-order valence-electron chi connectivity index (χ0n) is 19.6. The second kappa shape index (κ2) is 9.19. The third kappa shape index (κ3) is 4.50. The number of aryl methyl sites for hydroxylation is 1. The Hall–Kier alpha value is -2.91. The second-order valence-corrected chi connectivity index (χ2v) is 10.3. The number of fused-ring (bicyclic) bond motifs is 1. The molecule has 3 aromatic heterocycles. The third-order valence-corrected chi connectivity index (χ3v) is 7.15. The van der Waals surface area contributed by atoms with Gasteiger partial charge in [0.1, 0.15) is 34.5 Å². The number of halogens is 3. The number of hydrogen-bond donors (Lipinski definition) is 0. The van der Waals surface area contributed by atoms with E-state index in [0.29, 0.717) is 32.1 Å². The van der Waals surface area contributed by atoms with Gasteiger partial charge in [-0.1, -0.05) is 0 Å². The van der Waals surface area contributed by atoms with Gasteiger partial charge >= 0.3 is 15.6 Å². The fourth-order valence-electron chi connectivity index (χ4n) is 4.40. The highest BCUT2D eigenvalue weighted by Crippen LogP contribution is 2.38. The maximum atomic E-state index is 13.2. The first-order valence-corrected chi connectivity index (χ1v) is 12.9. The van der Waals surface area contributed by atoms with Crippen molar-refractivity contribution >= 4 is 27.0 Å². The number of morpholine rings is 1. The van der Waals surface area contributed by atoms with Gasteiger partial charge in [0.05, 0.1) is 19.3 Å². The standard InChI is InChI=1S/C21H25F3N6O5S/c1-13-12-33-10-8-29(13)16-11-15(35-36(31,32)21(22,23)24)20-19(25-16)18(27-28(20)2)14-6-7-30(26-14)17-5-3-4-9-34-17/h6-7,11,13,17H,3-5,8-10,12H2,1-2H3. The molecule has 0 spiro atoms. The summed E-state index contributed by atoms with van der Waals surface area (Å²) in [4.78, 5) is 6.49. The van der Waals surface area contributed by atoms with E-state index in [1.807, 2.05) is 11.8 Å². The first kappa shape index (κ1) is 24.8. The fourth-order valence-corrected chi connectivity index (χ4v) is 4.86. The lowest BCUT2D eigenvalue weighted by atomic mass is 10.2. The summed E-state index contributed by atoms with van der Waals surface area (Å²) in [6, 6.07) is 2.74. The number of pyridine rings is 1. The molecule has 2 aliphatic heterocycles. The molecule has 15 heteroatoms. The van der Waals surface area contributed by atoms with E-state index in [9.17, 15) is 21.6 Å². The number of alkyl halides is 3. The van der Waals surface area contributed by atoms with E-state index >= 15 is 0 Å². The van der Waals surface area contributed by atoms with Crippen LogP contribution in [0, 0.1) is 0 Å². The molecule has 5 rings (SSSR count). The van der Waals surface area contributed by atoms with Crippen LogP contribution in [0.15, 0.2) is 18.3 Å². The quantitative estimate of drug-likeness (QED) is 0.363. The zero-order valence-corrected chi connectivity index (χ0v) is 20.4. The normalized spacial score (nSPS) is 21.8. The summed E-state index contributed by atoms with van der Waals surface area (Å²) in [7, 11) is -4.46. The van der Waals surface area contributed by atoms with Crippen LogP contribution >= 0.6 is 0 Å². The van der Waals surface area contributed by atoms with E-state index < -0.39 is 21.4 Å². The van der Waals surface area contributed by atoms with Crippen molar-refractivity contribution in [1.29, 1.82) is 0 Å². The number of hydrogen-bond acceptors (Lipinski definition) is 9. The topological polar surface area (TPSA) is 114 Å². The molecule has 0 saturated carbocycles. The SMILES string of the molecule is CC1COCCN1c1cc(OS(=O)(=O)C(F)(F)F)c2c(n1)c(-c1ccn(C3CCCCO3)n1)nn2C. The van der Waals surface area contributed by atoms with Gasteiger partial charge < -0.3 is 18.6 Å². The molecule has 0 amide bonds. The minimum atomic E-state index is -5.93. The lowest BCUT2D eigenvalue weighted by Gasteiger charge is -2.34. The van der Waals surface area contributed by atoms with Crippen molar-refractivity contribution in [3.63, 3.8) is 0 Å². The van der Waals surface area contributed by atoms with Crippen molar-refractivity contribution in [3.05, 3.63) is 18.3 Å². The Labute approximate surface area is 204 Å². The maximum Gasteiger partial charge on any atom is 0.534 e. The van der Waals surface area contributed by atoms with Crippen LogP contribution < -0.4 is 9.08 Å². The highest BCUT2D eigenvalue weighted by molar-refractivity contribution is 7.88. The van der Waals surface area contributed by atoms with Gasteiger partial charge in [0.15, 0.2) is 5.75 Å². The van der Waals surface area contributed by atoms with Gasteiger partial charge in [0.2, 0.25) is 0 Å². The van der Waals surface area contributed by atoms with Crippen molar-refractivity contribution in [2.75, 3.05) is 31.3 Å². The minimum absolute atomic E-state index is 0.00838. The molecule has 11 nitrogen and oxygen atoms in total. The Bertz CT molecular complexity index is 1370. The van der Waals surface area contributed by atoms with Gasteiger partial charge in [0, 0.05) is 32.5 Å². The fraction of sp³-hybridized carbons (Fsp3) is 0.571. The maximum absolute atomic E-state index is 13.2. The molecule has 2 atom stereocenters. The van der Waals surface area contributed by atoms with Gasteiger partial charge in [-0.25, -0.2) is 9.67 Å². The third-order valence-electron chi connectivity index (χ3n) is 6.19. The van der Waals surface area contributed by atoms with Gasteiger partial charge in [-0.2, -0.15) is 31.8 Å². The van der Waals surface area contributed by atoms with Crippen LogP contribution in [0.5, 0.6) is 5.75 Å². The monoisotopic (exact) mass is 530 g/mol. The lowest BCUT2D eigenvalue weighted by molar-refractivity contribution is -0.0499. The molecule has 0 bridgehead atoms. The van der Waals surface area contributed by atoms with E-state index in [2.05, 4.69) is 19.4 Å². The van der Waals surface area contributed by atoms with E-state index in [4.69, 9.17) is 9.47 Å². The molecule has 2 fully saturated rings. The van der Waals surface area contributed by atoms with Crippen LogP contribution in [-0.2, 0) is 26.6 Å². The number of rotatable bonds is 5. The Morgan fingerprint density at radius 1 is 1.19 bits per heavy atom. The predicted molar refractivity (Wildman–Crippen MR) is 122 cm³/mol. The van der Waals surface area contributed by atoms with Crippen LogP contribution in [0.1, 0.15) is 32.4 Å². The van der Waals surface area contributed by atoms with Gasteiger partial charge in [0.25, 0.3) is 0 Å². The molecule has 5 heterocycles. The largest absolute Gasteiger partial charge is 0.534 e. The molecule has 2 saturated heterocycles. The Balaban J connectivity index is 1.64. The Morgan fingerprint density at radius 2 is 2.00 bits per heavy atom. The highest BCUT2D eigenvalue weighted by Gasteiger charge is 2.49. The summed E-state index contributed by atoms with van der Waals surface area (Å²) in [6.07, 6.45) is 4.30. The van der Waals surface area contributed by atoms with E-state index in [0.717, 1.165) is 19.3 Å². The van der Waals surface area contributed by atoms with Gasteiger partial charge in [-0.15, -0.1) is 0 Å². The molecule has 36 heavy (non-hydrogen) atoms. The first-order valence-electron chi connectivity index (χ1n) is 11.4. The van der Waals surface area contributed by atoms with Crippen LogP contribution in [-0.4, -0.2) is 70.9 Å². The summed E-state index contributed by atoms with van der Waals surface area (Å²) in [5, 5.41) is 8.99. The molecule has 0 radical (unpaired) electrons. The minimum Gasteiger partial charge on any atom is -0.377 e. The van der Waals surface area contributed by atoms with Crippen molar-refractivity contribution < 1.29 is 35.2 Å².